The third-order valence-corrected chi connectivity index (χ3v) is 11.8. The molecule has 6 unspecified atom stereocenters. The number of phosphoric ester groups is 2. The Morgan fingerprint density at radius 3 is 1.60 bits per heavy atom. The second-order valence-corrected chi connectivity index (χ2v) is 18.9. The molecule has 0 bridgehead atoms. The normalized spacial score (nSPS) is 22.6. The SMILES string of the molecule is CC/C=C\C/C=C\C/C=C\C/C=C\C/C=C\CCCCCC(=O)OC[C@H](COP(=O)(O)O[C@H]1C(O)C(O)C(O)[C@@H](OP(=O)(O)O)C1O)OC(=O)CCCCCCCC(O)/C=C/C=C/C/C=C/CC. The fraction of sp³-hybridized carbons (Fsp3) is 0.633. The molecule has 1 saturated carbocycles. The summed E-state index contributed by atoms with van der Waals surface area (Å²) in [6.45, 7) is 2.74. The lowest BCUT2D eigenvalue weighted by Gasteiger charge is -2.43. The monoisotopic (exact) mass is 1000 g/mol. The third kappa shape index (κ3) is 32.6. The number of hydrogen-bond acceptors (Lipinski definition) is 14. The Balaban J connectivity index is 2.65. The van der Waals surface area contributed by atoms with Crippen LogP contribution in [0.1, 0.15) is 136 Å². The van der Waals surface area contributed by atoms with Crippen molar-refractivity contribution < 1.29 is 82.0 Å². The van der Waals surface area contributed by atoms with Crippen LogP contribution in [0.4, 0.5) is 0 Å². The molecule has 0 amide bonds. The Hall–Kier alpha value is -3.12. The Morgan fingerprint density at radius 2 is 1.03 bits per heavy atom. The van der Waals surface area contributed by atoms with Gasteiger partial charge in [-0.05, 0) is 77.0 Å². The number of ether oxygens (including phenoxy) is 2. The molecule has 0 aromatic rings. The van der Waals surface area contributed by atoms with Crippen molar-refractivity contribution in [2.75, 3.05) is 13.2 Å². The van der Waals surface area contributed by atoms with Gasteiger partial charge in [0.2, 0.25) is 0 Å². The summed E-state index contributed by atoms with van der Waals surface area (Å²) in [6.07, 6.45) is 30.9. The van der Waals surface area contributed by atoms with Gasteiger partial charge in [0, 0.05) is 12.8 Å². The number of unbranched alkanes of at least 4 members (excludes halogenated alkanes) is 7. The minimum atomic E-state index is -5.39. The van der Waals surface area contributed by atoms with E-state index in [2.05, 4.69) is 91.3 Å². The topological polar surface area (TPSA) is 276 Å². The first-order valence-corrected chi connectivity index (χ1v) is 26.9. The molecule has 0 spiro atoms. The van der Waals surface area contributed by atoms with Crippen molar-refractivity contribution in [3.63, 3.8) is 0 Å². The molecule has 1 aliphatic carbocycles. The summed E-state index contributed by atoms with van der Waals surface area (Å²) in [7, 11) is -10.7. The molecular weight excluding hydrogens is 922 g/mol. The van der Waals surface area contributed by atoms with Gasteiger partial charge in [0.25, 0.3) is 0 Å². The maximum atomic E-state index is 13.0. The zero-order valence-electron chi connectivity index (χ0n) is 39.9. The molecule has 9 atom stereocenters. The number of allylic oxidation sites excluding steroid dienone is 15. The molecule has 19 heteroatoms. The quantitative estimate of drug-likeness (QED) is 0.00953. The lowest BCUT2D eigenvalue weighted by Crippen LogP contribution is -2.64. The fourth-order valence-corrected chi connectivity index (χ4v) is 8.13. The zero-order chi connectivity index (χ0) is 50.5. The van der Waals surface area contributed by atoms with E-state index in [9.17, 15) is 58.9 Å². The highest BCUT2D eigenvalue weighted by atomic mass is 31.2. The second kappa shape index (κ2) is 38.6. The number of rotatable bonds is 38. The number of esters is 2. The van der Waals surface area contributed by atoms with Gasteiger partial charge in [-0.1, -0.05) is 143 Å². The first kappa shape index (κ1) is 62.9. The van der Waals surface area contributed by atoms with Gasteiger partial charge in [0.1, 0.15) is 43.2 Å². The molecule has 0 aromatic heterocycles. The Kier molecular flexibility index (Phi) is 35.7. The molecule has 0 heterocycles. The van der Waals surface area contributed by atoms with Crippen LogP contribution in [0.5, 0.6) is 0 Å². The van der Waals surface area contributed by atoms with Crippen LogP contribution in [0.15, 0.2) is 97.2 Å². The maximum Gasteiger partial charge on any atom is 0.472 e. The summed E-state index contributed by atoms with van der Waals surface area (Å²) in [5.41, 5.74) is 0. The standard InChI is InChI=1S/C49H80O17P2/c1-3-5-7-9-11-12-13-14-15-16-17-18-19-20-21-22-24-28-32-36-42(51)62-38-41(64-43(52)37-33-29-25-27-31-35-40(50)34-30-26-23-10-8-6-4-2)39-63-68(60,61)66-49-46(55)44(53)45(54)48(47(49)56)65-67(57,58)59/h5-8,11-12,14-15,17-18,20-21,23,26,30,34,40-41,44-50,53-56H,3-4,9-10,13,16,19,22,24-25,27-29,31-33,35-39H2,1-2H3,(H,60,61)(H2,57,58,59)/b7-5-,8-6+,12-11-,15-14-,18-17-,21-20-,26-23+,34-30+/t40?,41-,44?,45?,46?,47?,48-,49+/m1/s1. The van der Waals surface area contributed by atoms with Crippen LogP contribution in [0.2, 0.25) is 0 Å². The molecule has 68 heavy (non-hydrogen) atoms. The molecule has 1 fully saturated rings. The largest absolute Gasteiger partial charge is 0.472 e. The van der Waals surface area contributed by atoms with E-state index in [1.54, 1.807) is 6.08 Å². The summed E-state index contributed by atoms with van der Waals surface area (Å²) >= 11 is 0. The van der Waals surface area contributed by atoms with Crippen LogP contribution in [-0.4, -0.2) is 114 Å². The molecule has 0 aromatic carbocycles. The van der Waals surface area contributed by atoms with E-state index < -0.39 is 89.6 Å². The van der Waals surface area contributed by atoms with Crippen molar-refractivity contribution in [2.45, 2.75) is 185 Å². The van der Waals surface area contributed by atoms with Crippen molar-refractivity contribution >= 4 is 27.6 Å². The van der Waals surface area contributed by atoms with E-state index in [0.29, 0.717) is 25.7 Å². The van der Waals surface area contributed by atoms with Crippen LogP contribution in [0, 0.1) is 0 Å². The lowest BCUT2D eigenvalue weighted by atomic mass is 9.85. The van der Waals surface area contributed by atoms with Crippen LogP contribution in [0.3, 0.4) is 0 Å². The molecule has 0 aliphatic heterocycles. The highest BCUT2D eigenvalue weighted by Crippen LogP contribution is 2.49. The third-order valence-electron chi connectivity index (χ3n) is 10.3. The number of aliphatic hydroxyl groups is 5. The highest BCUT2D eigenvalue weighted by molar-refractivity contribution is 7.47. The van der Waals surface area contributed by atoms with Crippen LogP contribution < -0.4 is 0 Å². The van der Waals surface area contributed by atoms with Gasteiger partial charge < -0.3 is 49.7 Å². The molecule has 8 N–H and O–H groups in total. The number of aliphatic hydroxyl groups excluding tert-OH is 5. The molecule has 17 nitrogen and oxygen atoms in total. The smallest absolute Gasteiger partial charge is 0.462 e. The van der Waals surface area contributed by atoms with Crippen LogP contribution in [0.25, 0.3) is 0 Å². The minimum Gasteiger partial charge on any atom is -0.462 e. The van der Waals surface area contributed by atoms with Crippen molar-refractivity contribution in [1.82, 2.24) is 0 Å². The second-order valence-electron chi connectivity index (χ2n) is 16.3. The molecule has 388 valence electrons. The first-order valence-electron chi connectivity index (χ1n) is 23.9. The van der Waals surface area contributed by atoms with Gasteiger partial charge in [-0.3, -0.25) is 23.2 Å². The molecule has 1 aliphatic rings. The average Bonchev–Trinajstić information content (AvgIpc) is 3.29. The fourth-order valence-electron chi connectivity index (χ4n) is 6.59. The van der Waals surface area contributed by atoms with E-state index in [1.807, 2.05) is 18.2 Å². The summed E-state index contributed by atoms with van der Waals surface area (Å²) in [5.74, 6) is -1.33. The number of carbonyl (C=O) groups excluding carboxylic acids is 2. The van der Waals surface area contributed by atoms with Crippen LogP contribution >= 0.6 is 15.6 Å². The van der Waals surface area contributed by atoms with Gasteiger partial charge in [-0.2, -0.15) is 0 Å². The average molecular weight is 1000 g/mol. The van der Waals surface area contributed by atoms with Gasteiger partial charge >= 0.3 is 27.6 Å². The Bertz CT molecular complexity index is 1700. The van der Waals surface area contributed by atoms with Gasteiger partial charge in [0.05, 0.1) is 12.7 Å². The lowest BCUT2D eigenvalue weighted by molar-refractivity contribution is -0.216. The van der Waals surface area contributed by atoms with Gasteiger partial charge in [-0.25, -0.2) is 9.13 Å². The van der Waals surface area contributed by atoms with E-state index in [1.165, 1.54) is 0 Å². The first-order chi connectivity index (χ1) is 32.5. The van der Waals surface area contributed by atoms with E-state index in [4.69, 9.17) is 18.5 Å². The molecular formula is C49H80O17P2. The molecule has 1 rings (SSSR count). The molecule has 0 saturated heterocycles. The summed E-state index contributed by atoms with van der Waals surface area (Å²) < 4.78 is 49.3. The number of hydrogen-bond donors (Lipinski definition) is 8. The van der Waals surface area contributed by atoms with Gasteiger partial charge in [-0.15, -0.1) is 0 Å². The van der Waals surface area contributed by atoms with Crippen LogP contribution in [-0.2, 0) is 41.8 Å². The number of phosphoric acid groups is 2. The summed E-state index contributed by atoms with van der Waals surface area (Å²) in [4.78, 5) is 54.3. The minimum absolute atomic E-state index is 0.0393. The van der Waals surface area contributed by atoms with Gasteiger partial charge in [0.15, 0.2) is 6.10 Å². The summed E-state index contributed by atoms with van der Waals surface area (Å²) in [6, 6.07) is 0. The zero-order valence-corrected chi connectivity index (χ0v) is 41.6. The predicted molar refractivity (Wildman–Crippen MR) is 261 cm³/mol. The van der Waals surface area contributed by atoms with E-state index >= 15 is 0 Å². The highest BCUT2D eigenvalue weighted by Gasteiger charge is 2.54. The van der Waals surface area contributed by atoms with E-state index in [-0.39, 0.29) is 12.8 Å². The maximum absolute atomic E-state index is 13.0. The van der Waals surface area contributed by atoms with Crippen molar-refractivity contribution in [3.05, 3.63) is 97.2 Å². The van der Waals surface area contributed by atoms with Crippen molar-refractivity contribution in [1.29, 1.82) is 0 Å². The number of carbonyl (C=O) groups is 2. The van der Waals surface area contributed by atoms with E-state index in [0.717, 1.165) is 83.5 Å². The summed E-state index contributed by atoms with van der Waals surface area (Å²) in [5, 5.41) is 51.4. The predicted octanol–water partition coefficient (Wildman–Crippen LogP) is 8.14. The van der Waals surface area contributed by atoms with Crippen molar-refractivity contribution in [2.24, 2.45) is 0 Å². The van der Waals surface area contributed by atoms with Crippen molar-refractivity contribution in [3.8, 4) is 0 Å². The Labute approximate surface area is 403 Å². The Morgan fingerprint density at radius 1 is 0.544 bits per heavy atom. The molecule has 0 radical (unpaired) electrons.